The molecular weight excluding hydrogens is 398 g/mol. The van der Waals surface area contributed by atoms with Gasteiger partial charge in [0.15, 0.2) is 0 Å². The average Bonchev–Trinajstić information content (AvgIpc) is 3.46. The van der Waals surface area contributed by atoms with Crippen LogP contribution in [-0.2, 0) is 22.6 Å². The summed E-state index contributed by atoms with van der Waals surface area (Å²) >= 11 is 0. The molecule has 1 atom stereocenters. The number of likely N-dealkylation sites (tertiary alicyclic amines) is 1. The maximum absolute atomic E-state index is 12.8. The lowest BCUT2D eigenvalue weighted by atomic mass is 10.1. The van der Waals surface area contributed by atoms with Gasteiger partial charge < -0.3 is 9.74 Å². The third-order valence-corrected chi connectivity index (χ3v) is 6.85. The first kappa shape index (κ1) is 21.2. The Balaban J connectivity index is 1.12. The van der Waals surface area contributed by atoms with E-state index in [2.05, 4.69) is 59.5 Å². The Hall–Kier alpha value is -2.63. The minimum atomic E-state index is 0.0981. The highest BCUT2D eigenvalue weighted by atomic mass is 16.7. The zero-order valence-electron chi connectivity index (χ0n) is 18.8. The molecule has 0 N–H and O–H groups in total. The highest BCUT2D eigenvalue weighted by Gasteiger charge is 2.37. The largest absolute Gasteiger partial charge is 0.410 e. The molecule has 32 heavy (non-hydrogen) atoms. The van der Waals surface area contributed by atoms with Crippen LogP contribution in [0.5, 0.6) is 0 Å². The molecule has 2 saturated heterocycles. The van der Waals surface area contributed by atoms with Crippen LogP contribution < -0.4 is 4.90 Å². The molecule has 0 aromatic heterocycles. The van der Waals surface area contributed by atoms with Crippen LogP contribution in [0.3, 0.4) is 0 Å². The third-order valence-electron chi connectivity index (χ3n) is 6.85. The van der Waals surface area contributed by atoms with Gasteiger partial charge in [-0.2, -0.15) is 0 Å². The summed E-state index contributed by atoms with van der Waals surface area (Å²) in [7, 11) is 0. The number of amides is 1. The number of hydrogen-bond acceptors (Lipinski definition) is 4. The number of carbonyl (C=O) groups excluding carboxylic acids is 1. The summed E-state index contributed by atoms with van der Waals surface area (Å²) in [6.45, 7) is 4.85. The smallest absolute Gasteiger partial charge is 0.228 e. The molecule has 0 bridgehead atoms. The van der Waals surface area contributed by atoms with Crippen LogP contribution in [0.25, 0.3) is 0 Å². The molecule has 0 saturated carbocycles. The quantitative estimate of drug-likeness (QED) is 0.645. The first-order valence-electron chi connectivity index (χ1n) is 12.0. The molecule has 2 aromatic carbocycles. The van der Waals surface area contributed by atoms with Crippen molar-refractivity contribution in [2.24, 2.45) is 0 Å². The number of aryl methyl sites for hydroxylation is 1. The van der Waals surface area contributed by atoms with Crippen molar-refractivity contribution in [3.63, 3.8) is 0 Å². The van der Waals surface area contributed by atoms with E-state index in [9.17, 15) is 4.79 Å². The van der Waals surface area contributed by atoms with Gasteiger partial charge in [0.2, 0.25) is 5.91 Å². The van der Waals surface area contributed by atoms with Crippen molar-refractivity contribution in [2.45, 2.75) is 51.1 Å². The highest BCUT2D eigenvalue weighted by molar-refractivity contribution is 5.96. The molecular formula is C27H33N3O2. The monoisotopic (exact) mass is 431 g/mol. The summed E-state index contributed by atoms with van der Waals surface area (Å²) in [6, 6.07) is 19.2. The molecule has 0 radical (unpaired) electrons. The van der Waals surface area contributed by atoms with Gasteiger partial charge in [-0.15, -0.1) is 5.06 Å². The van der Waals surface area contributed by atoms with Gasteiger partial charge in [0.1, 0.15) is 5.76 Å². The van der Waals surface area contributed by atoms with Crippen molar-refractivity contribution in [1.82, 2.24) is 9.96 Å². The van der Waals surface area contributed by atoms with Crippen LogP contribution in [0, 0.1) is 0 Å². The van der Waals surface area contributed by atoms with Gasteiger partial charge >= 0.3 is 0 Å². The molecule has 3 aliphatic heterocycles. The molecule has 5 nitrogen and oxygen atoms in total. The fraction of sp³-hybridized carbons (Fsp3) is 0.444. The molecule has 168 valence electrons. The van der Waals surface area contributed by atoms with E-state index < -0.39 is 0 Å². The van der Waals surface area contributed by atoms with Crippen molar-refractivity contribution >= 4 is 11.6 Å². The molecule has 2 fully saturated rings. The minimum absolute atomic E-state index is 0.0981. The van der Waals surface area contributed by atoms with Crippen LogP contribution in [-0.4, -0.2) is 48.1 Å². The highest BCUT2D eigenvalue weighted by Crippen LogP contribution is 2.28. The summed E-state index contributed by atoms with van der Waals surface area (Å²) in [6.07, 6.45) is 8.51. The molecule has 5 rings (SSSR count). The summed E-state index contributed by atoms with van der Waals surface area (Å²) in [5, 5.41) is 1.99. The molecule has 3 aliphatic rings. The van der Waals surface area contributed by atoms with E-state index in [1.54, 1.807) is 0 Å². The zero-order chi connectivity index (χ0) is 21.8. The van der Waals surface area contributed by atoms with Crippen LogP contribution in [0.1, 0.15) is 43.2 Å². The van der Waals surface area contributed by atoms with Crippen LogP contribution in [0.4, 0.5) is 5.69 Å². The standard InChI is InChI=1S/C27H33N3O2/c31-27-19-25(30-18-15-26(32-30)14-11-22-7-3-1-4-8-22)21-29(27)24-12-9-23(10-13-24)20-28-16-5-2-6-17-28/h1,3-4,7-10,12-13,15,25H,2,5-6,11,14,16-21H2. The van der Waals surface area contributed by atoms with Crippen molar-refractivity contribution in [1.29, 1.82) is 0 Å². The van der Waals surface area contributed by atoms with Crippen molar-refractivity contribution in [3.05, 3.63) is 77.6 Å². The van der Waals surface area contributed by atoms with Gasteiger partial charge in [0.25, 0.3) is 0 Å². The van der Waals surface area contributed by atoms with E-state index in [1.807, 2.05) is 16.0 Å². The predicted octanol–water partition coefficient (Wildman–Crippen LogP) is 4.54. The zero-order valence-corrected chi connectivity index (χ0v) is 18.8. The van der Waals surface area contributed by atoms with Gasteiger partial charge in [0.05, 0.1) is 12.6 Å². The summed E-state index contributed by atoms with van der Waals surface area (Å²) < 4.78 is 0. The van der Waals surface area contributed by atoms with E-state index >= 15 is 0 Å². The fourth-order valence-corrected chi connectivity index (χ4v) is 4.99. The lowest BCUT2D eigenvalue weighted by Gasteiger charge is -2.26. The first-order valence-corrected chi connectivity index (χ1v) is 12.0. The van der Waals surface area contributed by atoms with E-state index in [0.29, 0.717) is 13.0 Å². The Labute approximate surface area is 191 Å². The molecule has 2 aromatic rings. The van der Waals surface area contributed by atoms with E-state index in [4.69, 9.17) is 4.84 Å². The van der Waals surface area contributed by atoms with Crippen LogP contribution in [0.15, 0.2) is 66.4 Å². The average molecular weight is 432 g/mol. The van der Waals surface area contributed by atoms with Gasteiger partial charge in [-0.3, -0.25) is 9.69 Å². The third kappa shape index (κ3) is 5.05. The lowest BCUT2D eigenvalue weighted by molar-refractivity contribution is -0.129. The molecule has 0 spiro atoms. The predicted molar refractivity (Wildman–Crippen MR) is 127 cm³/mol. The Morgan fingerprint density at radius 3 is 2.44 bits per heavy atom. The van der Waals surface area contributed by atoms with Gasteiger partial charge in [-0.1, -0.05) is 48.9 Å². The van der Waals surface area contributed by atoms with Crippen LogP contribution >= 0.6 is 0 Å². The lowest BCUT2D eigenvalue weighted by Crippen LogP contribution is -2.35. The number of anilines is 1. The number of rotatable bonds is 7. The van der Waals surface area contributed by atoms with Crippen molar-refractivity contribution < 1.29 is 9.63 Å². The molecule has 1 unspecified atom stereocenters. The Morgan fingerprint density at radius 2 is 1.66 bits per heavy atom. The number of hydroxylamine groups is 2. The van der Waals surface area contributed by atoms with Crippen molar-refractivity contribution in [2.75, 3.05) is 31.1 Å². The topological polar surface area (TPSA) is 36.0 Å². The van der Waals surface area contributed by atoms with Gasteiger partial charge in [0, 0.05) is 31.6 Å². The molecule has 3 heterocycles. The van der Waals surface area contributed by atoms with E-state index in [1.165, 1.54) is 43.5 Å². The van der Waals surface area contributed by atoms with Crippen molar-refractivity contribution in [3.8, 4) is 0 Å². The van der Waals surface area contributed by atoms with E-state index in [-0.39, 0.29) is 11.9 Å². The molecule has 1 amide bonds. The molecule has 5 heteroatoms. The maximum atomic E-state index is 12.8. The number of hydrogen-bond donors (Lipinski definition) is 0. The second kappa shape index (κ2) is 9.88. The maximum Gasteiger partial charge on any atom is 0.228 e. The number of carbonyl (C=O) groups is 1. The molecule has 0 aliphatic carbocycles. The SMILES string of the molecule is O=C1CC(N2CC=C(CCc3ccccc3)O2)CN1c1ccc(CN2CCCCC2)cc1. The van der Waals surface area contributed by atoms with Gasteiger partial charge in [-0.25, -0.2) is 0 Å². The summed E-state index contributed by atoms with van der Waals surface area (Å²) in [5.74, 6) is 1.20. The Kier molecular flexibility index (Phi) is 6.56. The first-order chi connectivity index (χ1) is 15.7. The number of benzene rings is 2. The second-order valence-electron chi connectivity index (χ2n) is 9.21. The minimum Gasteiger partial charge on any atom is -0.410 e. The van der Waals surface area contributed by atoms with Crippen LogP contribution in [0.2, 0.25) is 0 Å². The van der Waals surface area contributed by atoms with Gasteiger partial charge in [-0.05, 0) is 61.7 Å². The number of nitrogens with zero attached hydrogens (tertiary/aromatic N) is 3. The number of allylic oxidation sites excluding steroid dienone is 1. The summed E-state index contributed by atoms with van der Waals surface area (Å²) in [4.78, 5) is 23.3. The Morgan fingerprint density at radius 1 is 0.875 bits per heavy atom. The summed E-state index contributed by atoms with van der Waals surface area (Å²) in [5.41, 5.74) is 3.65. The number of piperidine rings is 1. The second-order valence-corrected chi connectivity index (χ2v) is 9.21. The normalized spacial score (nSPS) is 22.2. The Bertz CT molecular complexity index is 935. The van der Waals surface area contributed by atoms with E-state index in [0.717, 1.165) is 37.4 Å². The fourth-order valence-electron chi connectivity index (χ4n) is 4.99.